The lowest BCUT2D eigenvalue weighted by molar-refractivity contribution is -0.153. The van der Waals surface area contributed by atoms with Gasteiger partial charge < -0.3 is 14.8 Å². The fraction of sp³-hybridized carbons (Fsp3) is 0.500. The lowest BCUT2D eigenvalue weighted by Gasteiger charge is -2.36. The highest BCUT2D eigenvalue weighted by Gasteiger charge is 2.42. The van der Waals surface area contributed by atoms with Gasteiger partial charge in [0.25, 0.3) is 0 Å². The van der Waals surface area contributed by atoms with Crippen molar-refractivity contribution in [2.24, 2.45) is 0 Å². The Balaban J connectivity index is 2.17. The lowest BCUT2D eigenvalue weighted by atomic mass is 9.92. The van der Waals surface area contributed by atoms with Crippen molar-refractivity contribution in [1.82, 2.24) is 0 Å². The summed E-state index contributed by atoms with van der Waals surface area (Å²) in [5, 5.41) is 3.29. The highest BCUT2D eigenvalue weighted by Crippen LogP contribution is 2.27. The quantitative estimate of drug-likeness (QED) is 0.864. The number of hydrogen-bond donors (Lipinski definition) is 1. The van der Waals surface area contributed by atoms with Gasteiger partial charge in [-0.2, -0.15) is 0 Å². The third kappa shape index (κ3) is 3.48. The fourth-order valence-corrected chi connectivity index (χ4v) is 2.45. The van der Waals surface area contributed by atoms with E-state index in [1.165, 1.54) is 0 Å². The first-order valence-electron chi connectivity index (χ1n) is 6.45. The predicted molar refractivity (Wildman–Crippen MR) is 77.2 cm³/mol. The number of hydrogen-bond acceptors (Lipinski definition) is 4. The molecule has 1 aromatic carbocycles. The molecule has 1 fully saturated rings. The number of nitrogens with one attached hydrogen (secondary N) is 1. The summed E-state index contributed by atoms with van der Waals surface area (Å²) >= 11 is 3.39. The lowest BCUT2D eigenvalue weighted by Crippen LogP contribution is -2.53. The van der Waals surface area contributed by atoms with Gasteiger partial charge in [0, 0.05) is 16.8 Å². The molecule has 1 heterocycles. The van der Waals surface area contributed by atoms with Gasteiger partial charge in [-0.3, -0.25) is 0 Å². The molecule has 0 spiro atoms. The van der Waals surface area contributed by atoms with E-state index in [4.69, 9.17) is 9.47 Å². The SMILES string of the molecule is CCOC(=O)C1(Nc2ccc(Br)cc2)CCCOC1. The normalized spacial score (nSPS) is 22.8. The maximum Gasteiger partial charge on any atom is 0.334 e. The molecule has 1 aliphatic heterocycles. The van der Waals surface area contributed by atoms with E-state index < -0.39 is 5.54 Å². The Labute approximate surface area is 121 Å². The monoisotopic (exact) mass is 327 g/mol. The summed E-state index contributed by atoms with van der Waals surface area (Å²) in [7, 11) is 0. The third-order valence-electron chi connectivity index (χ3n) is 3.13. The van der Waals surface area contributed by atoms with E-state index in [1.807, 2.05) is 31.2 Å². The Morgan fingerprint density at radius 1 is 1.47 bits per heavy atom. The van der Waals surface area contributed by atoms with Crippen LogP contribution in [0.2, 0.25) is 0 Å². The second-order valence-corrected chi connectivity index (χ2v) is 5.51. The Hall–Kier alpha value is -1.07. The number of anilines is 1. The van der Waals surface area contributed by atoms with Crippen LogP contribution in [-0.4, -0.2) is 31.3 Å². The summed E-state index contributed by atoms with van der Waals surface area (Å²) in [5.41, 5.74) is 0.129. The minimum atomic E-state index is -0.762. The number of halogens is 1. The van der Waals surface area contributed by atoms with E-state index in [2.05, 4.69) is 21.2 Å². The van der Waals surface area contributed by atoms with Gasteiger partial charge in [-0.05, 0) is 44.0 Å². The molecule has 1 aliphatic rings. The molecule has 5 heteroatoms. The smallest absolute Gasteiger partial charge is 0.334 e. The molecule has 104 valence electrons. The van der Waals surface area contributed by atoms with Crippen molar-refractivity contribution in [1.29, 1.82) is 0 Å². The third-order valence-corrected chi connectivity index (χ3v) is 3.66. The van der Waals surface area contributed by atoms with Crippen LogP contribution in [0.15, 0.2) is 28.7 Å². The highest BCUT2D eigenvalue weighted by molar-refractivity contribution is 9.10. The first-order valence-corrected chi connectivity index (χ1v) is 7.24. The number of benzene rings is 1. The van der Waals surface area contributed by atoms with Crippen LogP contribution in [0.3, 0.4) is 0 Å². The zero-order chi connectivity index (χ0) is 13.7. The molecule has 4 nitrogen and oxygen atoms in total. The second kappa shape index (κ2) is 6.39. The van der Waals surface area contributed by atoms with Gasteiger partial charge in [-0.25, -0.2) is 4.79 Å². The van der Waals surface area contributed by atoms with Gasteiger partial charge in [0.15, 0.2) is 5.54 Å². The van der Waals surface area contributed by atoms with Gasteiger partial charge in [-0.1, -0.05) is 15.9 Å². The number of esters is 1. The number of rotatable bonds is 4. The van der Waals surface area contributed by atoms with Crippen LogP contribution in [0.1, 0.15) is 19.8 Å². The van der Waals surface area contributed by atoms with E-state index in [1.54, 1.807) is 0 Å². The van der Waals surface area contributed by atoms with Gasteiger partial charge >= 0.3 is 5.97 Å². The highest BCUT2D eigenvalue weighted by atomic mass is 79.9. The molecule has 2 rings (SSSR count). The molecule has 0 bridgehead atoms. The molecular formula is C14H18BrNO3. The summed E-state index contributed by atoms with van der Waals surface area (Å²) in [6.07, 6.45) is 1.57. The van der Waals surface area contributed by atoms with Gasteiger partial charge in [0.2, 0.25) is 0 Å². The predicted octanol–water partition coefficient (Wildman–Crippen LogP) is 2.97. The Bertz CT molecular complexity index is 427. The van der Waals surface area contributed by atoms with Crippen LogP contribution < -0.4 is 5.32 Å². The minimum Gasteiger partial charge on any atom is -0.464 e. The molecule has 1 atom stereocenters. The fourth-order valence-electron chi connectivity index (χ4n) is 2.18. The molecule has 0 saturated carbocycles. The van der Waals surface area contributed by atoms with Crippen molar-refractivity contribution in [2.75, 3.05) is 25.1 Å². The summed E-state index contributed by atoms with van der Waals surface area (Å²) in [6.45, 7) is 3.24. The van der Waals surface area contributed by atoms with Gasteiger partial charge in [0.05, 0.1) is 13.2 Å². The van der Waals surface area contributed by atoms with E-state index >= 15 is 0 Å². The number of ether oxygens (including phenoxy) is 2. The standard InChI is InChI=1S/C14H18BrNO3/c1-2-19-13(17)14(8-3-9-18-10-14)16-12-6-4-11(15)5-7-12/h4-7,16H,2-3,8-10H2,1H3. The summed E-state index contributed by atoms with van der Waals surface area (Å²) in [5.74, 6) is -0.238. The zero-order valence-corrected chi connectivity index (χ0v) is 12.5. The maximum atomic E-state index is 12.2. The van der Waals surface area contributed by atoms with E-state index in [9.17, 15) is 4.79 Å². The zero-order valence-electron chi connectivity index (χ0n) is 10.9. The molecule has 1 saturated heterocycles. The van der Waals surface area contributed by atoms with Crippen molar-refractivity contribution in [3.05, 3.63) is 28.7 Å². The van der Waals surface area contributed by atoms with Gasteiger partial charge in [0.1, 0.15) is 0 Å². The van der Waals surface area contributed by atoms with Crippen molar-refractivity contribution in [2.45, 2.75) is 25.3 Å². The average Bonchev–Trinajstić information content (AvgIpc) is 2.43. The first-order chi connectivity index (χ1) is 9.16. The van der Waals surface area contributed by atoms with Crippen LogP contribution >= 0.6 is 15.9 Å². The molecule has 0 aliphatic carbocycles. The largest absolute Gasteiger partial charge is 0.464 e. The molecule has 0 amide bonds. The van der Waals surface area contributed by atoms with Crippen molar-refractivity contribution in [3.63, 3.8) is 0 Å². The Morgan fingerprint density at radius 2 is 2.21 bits per heavy atom. The van der Waals surface area contributed by atoms with Crippen molar-refractivity contribution in [3.8, 4) is 0 Å². The summed E-state index contributed by atoms with van der Waals surface area (Å²) < 4.78 is 11.7. The molecule has 1 N–H and O–H groups in total. The number of carbonyl (C=O) groups is 1. The van der Waals surface area contributed by atoms with E-state index in [-0.39, 0.29) is 5.97 Å². The molecule has 0 aromatic heterocycles. The molecule has 1 aromatic rings. The van der Waals surface area contributed by atoms with Crippen LogP contribution in [0, 0.1) is 0 Å². The average molecular weight is 328 g/mol. The van der Waals surface area contributed by atoms with Crippen LogP contribution in [-0.2, 0) is 14.3 Å². The summed E-state index contributed by atoms with van der Waals surface area (Å²) in [4.78, 5) is 12.2. The van der Waals surface area contributed by atoms with E-state index in [0.29, 0.717) is 19.8 Å². The topological polar surface area (TPSA) is 47.6 Å². The molecular weight excluding hydrogens is 310 g/mol. The van der Waals surface area contributed by atoms with Gasteiger partial charge in [-0.15, -0.1) is 0 Å². The van der Waals surface area contributed by atoms with Crippen molar-refractivity contribution >= 4 is 27.6 Å². The molecule has 1 unspecified atom stereocenters. The number of carbonyl (C=O) groups excluding carboxylic acids is 1. The van der Waals surface area contributed by atoms with Crippen molar-refractivity contribution < 1.29 is 14.3 Å². The second-order valence-electron chi connectivity index (χ2n) is 4.59. The molecule has 0 radical (unpaired) electrons. The first kappa shape index (κ1) is 14.3. The Kier molecular flexibility index (Phi) is 4.82. The van der Waals surface area contributed by atoms with Crippen LogP contribution in [0.25, 0.3) is 0 Å². The van der Waals surface area contributed by atoms with Crippen LogP contribution in [0.5, 0.6) is 0 Å². The maximum absolute atomic E-state index is 12.2. The minimum absolute atomic E-state index is 0.238. The van der Waals surface area contributed by atoms with Crippen LogP contribution in [0.4, 0.5) is 5.69 Å². The molecule has 19 heavy (non-hydrogen) atoms. The summed E-state index contributed by atoms with van der Waals surface area (Å²) in [6, 6.07) is 7.73. The Morgan fingerprint density at radius 3 is 2.79 bits per heavy atom. The van der Waals surface area contributed by atoms with E-state index in [0.717, 1.165) is 23.0 Å².